The number of furan rings is 1. The highest BCUT2D eigenvalue weighted by atomic mass is 32.2. The molecule has 33 heavy (non-hydrogen) atoms. The first-order valence-electron chi connectivity index (χ1n) is 11.0. The van der Waals surface area contributed by atoms with Crippen LogP contribution in [0.25, 0.3) is 6.08 Å². The van der Waals surface area contributed by atoms with Crippen molar-refractivity contribution in [2.45, 2.75) is 26.1 Å². The Kier molecular flexibility index (Phi) is 6.85. The van der Waals surface area contributed by atoms with Crippen molar-refractivity contribution >= 4 is 22.0 Å². The SMILES string of the molecule is Cc1cc(/C=C/C(=O)N2CCN(S(=O)(=O)Cc3ccccc3)CC2)c(C)n1Cc1ccco1. The van der Waals surface area contributed by atoms with Gasteiger partial charge in [0.05, 0.1) is 18.6 Å². The van der Waals surface area contributed by atoms with Crippen molar-refractivity contribution in [2.24, 2.45) is 0 Å². The third-order valence-corrected chi connectivity index (χ3v) is 7.90. The van der Waals surface area contributed by atoms with Gasteiger partial charge in [-0.25, -0.2) is 8.42 Å². The second-order valence-electron chi connectivity index (χ2n) is 8.29. The van der Waals surface area contributed by atoms with Gasteiger partial charge in [-0.15, -0.1) is 0 Å². The van der Waals surface area contributed by atoms with Gasteiger partial charge in [-0.3, -0.25) is 4.79 Å². The summed E-state index contributed by atoms with van der Waals surface area (Å²) in [6, 6.07) is 15.0. The molecule has 4 rings (SSSR count). The van der Waals surface area contributed by atoms with Crippen molar-refractivity contribution in [3.8, 4) is 0 Å². The number of hydrogen-bond donors (Lipinski definition) is 0. The summed E-state index contributed by atoms with van der Waals surface area (Å²) in [6.45, 7) is 6.09. The molecule has 0 saturated carbocycles. The second-order valence-corrected chi connectivity index (χ2v) is 10.3. The fourth-order valence-electron chi connectivity index (χ4n) is 4.13. The van der Waals surface area contributed by atoms with E-state index in [2.05, 4.69) is 10.6 Å². The van der Waals surface area contributed by atoms with Crippen LogP contribution in [0.3, 0.4) is 0 Å². The Morgan fingerprint density at radius 3 is 2.42 bits per heavy atom. The summed E-state index contributed by atoms with van der Waals surface area (Å²) in [5.74, 6) is 0.754. The quantitative estimate of drug-likeness (QED) is 0.499. The minimum Gasteiger partial charge on any atom is -0.467 e. The van der Waals surface area contributed by atoms with Crippen molar-refractivity contribution in [1.82, 2.24) is 13.8 Å². The van der Waals surface area contributed by atoms with Gasteiger partial charge in [-0.05, 0) is 49.2 Å². The number of benzene rings is 1. The number of aromatic nitrogens is 1. The van der Waals surface area contributed by atoms with E-state index in [4.69, 9.17) is 4.42 Å². The first-order valence-corrected chi connectivity index (χ1v) is 12.6. The number of amides is 1. The predicted octanol–water partition coefficient (Wildman–Crippen LogP) is 3.43. The summed E-state index contributed by atoms with van der Waals surface area (Å²) in [4.78, 5) is 14.4. The van der Waals surface area contributed by atoms with Crippen LogP contribution in [-0.4, -0.2) is 54.3 Å². The van der Waals surface area contributed by atoms with Gasteiger partial charge in [0.15, 0.2) is 0 Å². The first kappa shape index (κ1) is 23.1. The smallest absolute Gasteiger partial charge is 0.246 e. The molecule has 1 aliphatic rings. The van der Waals surface area contributed by atoms with Crippen molar-refractivity contribution in [2.75, 3.05) is 26.2 Å². The number of piperazine rings is 1. The van der Waals surface area contributed by atoms with Crippen LogP contribution in [0, 0.1) is 13.8 Å². The van der Waals surface area contributed by atoms with Gasteiger partial charge < -0.3 is 13.9 Å². The Morgan fingerprint density at radius 2 is 1.76 bits per heavy atom. The van der Waals surface area contributed by atoms with Gasteiger partial charge in [0.2, 0.25) is 15.9 Å². The van der Waals surface area contributed by atoms with Crippen molar-refractivity contribution < 1.29 is 17.6 Å². The van der Waals surface area contributed by atoms with Crippen molar-refractivity contribution in [1.29, 1.82) is 0 Å². The van der Waals surface area contributed by atoms with E-state index in [1.807, 2.05) is 62.4 Å². The highest BCUT2D eigenvalue weighted by Crippen LogP contribution is 2.19. The molecule has 0 bridgehead atoms. The number of sulfonamides is 1. The Bertz CT molecular complexity index is 1220. The maximum atomic E-state index is 12.7. The van der Waals surface area contributed by atoms with Crippen LogP contribution < -0.4 is 0 Å². The lowest BCUT2D eigenvalue weighted by atomic mass is 10.2. The van der Waals surface area contributed by atoms with Crippen LogP contribution >= 0.6 is 0 Å². The maximum absolute atomic E-state index is 12.7. The van der Waals surface area contributed by atoms with Crippen LogP contribution in [-0.2, 0) is 27.1 Å². The molecule has 1 saturated heterocycles. The monoisotopic (exact) mass is 467 g/mol. The molecule has 3 heterocycles. The third-order valence-electron chi connectivity index (χ3n) is 6.05. The number of nitrogens with zero attached hydrogens (tertiary/aromatic N) is 3. The summed E-state index contributed by atoms with van der Waals surface area (Å²) < 4.78 is 34.5. The molecule has 1 aliphatic heterocycles. The Hall–Kier alpha value is -3.10. The molecule has 1 fully saturated rings. The first-order chi connectivity index (χ1) is 15.8. The summed E-state index contributed by atoms with van der Waals surface area (Å²) in [6.07, 6.45) is 5.07. The average Bonchev–Trinajstić information content (AvgIpc) is 3.42. The average molecular weight is 468 g/mol. The van der Waals surface area contributed by atoms with Crippen LogP contribution in [0.4, 0.5) is 0 Å². The zero-order valence-corrected chi connectivity index (χ0v) is 19.8. The largest absolute Gasteiger partial charge is 0.467 e. The highest BCUT2D eigenvalue weighted by molar-refractivity contribution is 7.88. The number of rotatable bonds is 7. The molecule has 0 N–H and O–H groups in total. The van der Waals surface area contributed by atoms with E-state index in [1.54, 1.807) is 17.2 Å². The Labute approximate surface area is 195 Å². The highest BCUT2D eigenvalue weighted by Gasteiger charge is 2.28. The summed E-state index contributed by atoms with van der Waals surface area (Å²) >= 11 is 0. The number of carbonyl (C=O) groups is 1. The molecule has 7 nitrogen and oxygen atoms in total. The van der Waals surface area contributed by atoms with E-state index in [1.165, 1.54) is 4.31 Å². The van der Waals surface area contributed by atoms with E-state index in [0.717, 1.165) is 28.3 Å². The number of hydrogen-bond acceptors (Lipinski definition) is 4. The van der Waals surface area contributed by atoms with Gasteiger partial charge in [0, 0.05) is 43.6 Å². The summed E-state index contributed by atoms with van der Waals surface area (Å²) in [5.41, 5.74) is 3.90. The number of aryl methyl sites for hydroxylation is 1. The number of carbonyl (C=O) groups excluding carboxylic acids is 1. The molecule has 1 aromatic carbocycles. The van der Waals surface area contributed by atoms with Gasteiger partial charge >= 0.3 is 0 Å². The minimum atomic E-state index is -3.40. The Balaban J connectivity index is 1.35. The van der Waals surface area contributed by atoms with E-state index in [9.17, 15) is 13.2 Å². The standard InChI is InChI=1S/C25H29N3O4S/c1-20-17-23(21(2)28(20)18-24-9-6-16-32-24)10-11-25(29)26-12-14-27(15-13-26)33(30,31)19-22-7-4-3-5-8-22/h3-11,16-17H,12-15,18-19H2,1-2H3/b11-10+. The van der Waals surface area contributed by atoms with Crippen LogP contribution in [0.1, 0.15) is 28.3 Å². The predicted molar refractivity (Wildman–Crippen MR) is 128 cm³/mol. The molecule has 0 radical (unpaired) electrons. The van der Waals surface area contributed by atoms with Crippen LogP contribution in [0.15, 0.2) is 65.3 Å². The lowest BCUT2D eigenvalue weighted by Crippen LogP contribution is -2.50. The zero-order chi connectivity index (χ0) is 23.4. The lowest BCUT2D eigenvalue weighted by Gasteiger charge is -2.33. The van der Waals surface area contributed by atoms with Crippen LogP contribution in [0.2, 0.25) is 0 Å². The topological polar surface area (TPSA) is 75.8 Å². The summed E-state index contributed by atoms with van der Waals surface area (Å²) in [5, 5.41) is 0. The molecular weight excluding hydrogens is 438 g/mol. The van der Waals surface area contributed by atoms with E-state index < -0.39 is 10.0 Å². The molecule has 0 aliphatic carbocycles. The molecule has 1 amide bonds. The van der Waals surface area contributed by atoms with E-state index in [0.29, 0.717) is 32.7 Å². The molecule has 8 heteroatoms. The molecular formula is C25H29N3O4S. The minimum absolute atomic E-state index is 0.0185. The van der Waals surface area contributed by atoms with Gasteiger partial charge in [0.25, 0.3) is 0 Å². The van der Waals surface area contributed by atoms with Gasteiger partial charge in [-0.2, -0.15) is 4.31 Å². The maximum Gasteiger partial charge on any atom is 0.246 e. The zero-order valence-electron chi connectivity index (χ0n) is 19.0. The molecule has 0 spiro atoms. The molecule has 174 valence electrons. The van der Waals surface area contributed by atoms with E-state index in [-0.39, 0.29) is 11.7 Å². The molecule has 3 aromatic rings. The summed E-state index contributed by atoms with van der Waals surface area (Å²) in [7, 11) is -3.40. The second kappa shape index (κ2) is 9.80. The fraction of sp³-hybridized carbons (Fsp3) is 0.320. The lowest BCUT2D eigenvalue weighted by molar-refractivity contribution is -0.127. The Morgan fingerprint density at radius 1 is 1.03 bits per heavy atom. The van der Waals surface area contributed by atoms with Gasteiger partial charge in [-0.1, -0.05) is 30.3 Å². The normalized spacial score (nSPS) is 15.4. The van der Waals surface area contributed by atoms with Crippen LogP contribution in [0.5, 0.6) is 0 Å². The van der Waals surface area contributed by atoms with Gasteiger partial charge in [0.1, 0.15) is 5.76 Å². The van der Waals surface area contributed by atoms with E-state index >= 15 is 0 Å². The third kappa shape index (κ3) is 5.46. The molecule has 0 atom stereocenters. The molecule has 0 unspecified atom stereocenters. The van der Waals surface area contributed by atoms with Crippen molar-refractivity contribution in [3.63, 3.8) is 0 Å². The van der Waals surface area contributed by atoms with Crippen molar-refractivity contribution in [3.05, 3.63) is 89.1 Å². The molecule has 2 aromatic heterocycles. The fourth-order valence-corrected chi connectivity index (χ4v) is 5.64.